The number of rotatable bonds is 6. The summed E-state index contributed by atoms with van der Waals surface area (Å²) in [6.07, 6.45) is 2.32. The van der Waals surface area contributed by atoms with Crippen molar-refractivity contribution in [3.05, 3.63) is 29.8 Å². The summed E-state index contributed by atoms with van der Waals surface area (Å²) >= 11 is 5.82. The molecule has 0 radical (unpaired) electrons. The third-order valence-corrected chi connectivity index (χ3v) is 2.59. The van der Waals surface area contributed by atoms with Crippen LogP contribution in [0.25, 0.3) is 0 Å². The van der Waals surface area contributed by atoms with Gasteiger partial charge < -0.3 is 4.74 Å². The van der Waals surface area contributed by atoms with E-state index in [2.05, 4.69) is 13.8 Å². The van der Waals surface area contributed by atoms with E-state index >= 15 is 0 Å². The molecule has 0 aromatic heterocycles. The van der Waals surface area contributed by atoms with Crippen LogP contribution < -0.4 is 4.74 Å². The van der Waals surface area contributed by atoms with Crippen molar-refractivity contribution in [3.63, 3.8) is 0 Å². The fourth-order valence-corrected chi connectivity index (χ4v) is 1.65. The van der Waals surface area contributed by atoms with Gasteiger partial charge in [0.05, 0.1) is 12.5 Å². The molecule has 1 rings (SSSR count). The molecule has 1 nitrogen and oxygen atoms in total. The summed E-state index contributed by atoms with van der Waals surface area (Å²) in [5.41, 5.74) is 1.07. The predicted octanol–water partition coefficient (Wildman–Crippen LogP) is 4.24. The first kappa shape index (κ1) is 12.4. The Kier molecular flexibility index (Phi) is 5.56. The highest BCUT2D eigenvalue weighted by Crippen LogP contribution is 2.20. The van der Waals surface area contributed by atoms with E-state index in [1.807, 2.05) is 24.3 Å². The summed E-state index contributed by atoms with van der Waals surface area (Å²) in [6.45, 7) is 5.24. The average molecular weight is 227 g/mol. The zero-order chi connectivity index (χ0) is 11.1. The Morgan fingerprint density at radius 1 is 1.27 bits per heavy atom. The Bertz CT molecular complexity index is 284. The first-order valence-electron chi connectivity index (χ1n) is 5.50. The zero-order valence-corrected chi connectivity index (χ0v) is 10.3. The minimum absolute atomic E-state index is 0.514. The van der Waals surface area contributed by atoms with Crippen LogP contribution in [0.2, 0.25) is 0 Å². The van der Waals surface area contributed by atoms with Crippen molar-refractivity contribution < 1.29 is 4.74 Å². The molecule has 0 heterocycles. The van der Waals surface area contributed by atoms with Gasteiger partial charge in [-0.15, -0.1) is 11.6 Å². The number of alkyl halides is 1. The number of hydrogen-bond donors (Lipinski definition) is 0. The van der Waals surface area contributed by atoms with Crippen molar-refractivity contribution in [3.8, 4) is 5.75 Å². The summed E-state index contributed by atoms with van der Waals surface area (Å²) < 4.78 is 5.69. The van der Waals surface area contributed by atoms with Crippen molar-refractivity contribution in [2.45, 2.75) is 32.6 Å². The van der Waals surface area contributed by atoms with Gasteiger partial charge in [-0.05, 0) is 24.8 Å². The van der Waals surface area contributed by atoms with Crippen LogP contribution in [0.3, 0.4) is 0 Å². The standard InChI is InChI=1S/C13H19ClO/c1-11(2)6-5-9-15-13-8-4-3-7-12(13)10-14/h3-4,7-8,11H,5-6,9-10H2,1-2H3. The van der Waals surface area contributed by atoms with Crippen LogP contribution in [-0.4, -0.2) is 6.61 Å². The number of para-hydroxylation sites is 1. The third kappa shape index (κ3) is 4.57. The van der Waals surface area contributed by atoms with Crippen LogP contribution in [0.15, 0.2) is 24.3 Å². The van der Waals surface area contributed by atoms with Crippen molar-refractivity contribution in [2.75, 3.05) is 6.61 Å². The highest BCUT2D eigenvalue weighted by Gasteiger charge is 2.01. The molecule has 84 valence electrons. The smallest absolute Gasteiger partial charge is 0.123 e. The summed E-state index contributed by atoms with van der Waals surface area (Å²) in [6, 6.07) is 7.95. The lowest BCUT2D eigenvalue weighted by molar-refractivity contribution is 0.295. The van der Waals surface area contributed by atoms with Gasteiger partial charge in [0.2, 0.25) is 0 Å². The Morgan fingerprint density at radius 3 is 2.67 bits per heavy atom. The summed E-state index contributed by atoms with van der Waals surface area (Å²) in [4.78, 5) is 0. The topological polar surface area (TPSA) is 9.23 Å². The molecule has 1 aromatic rings. The maximum Gasteiger partial charge on any atom is 0.123 e. The van der Waals surface area contributed by atoms with Crippen molar-refractivity contribution in [2.24, 2.45) is 5.92 Å². The molecule has 0 unspecified atom stereocenters. The molecule has 0 atom stereocenters. The molecule has 0 aliphatic rings. The quantitative estimate of drug-likeness (QED) is 0.521. The molecule has 0 fully saturated rings. The average Bonchev–Trinajstić information content (AvgIpc) is 2.24. The van der Waals surface area contributed by atoms with Crippen molar-refractivity contribution in [1.29, 1.82) is 0 Å². The number of benzene rings is 1. The third-order valence-electron chi connectivity index (χ3n) is 2.30. The highest BCUT2D eigenvalue weighted by atomic mass is 35.5. The Morgan fingerprint density at radius 2 is 2.00 bits per heavy atom. The molecule has 1 aromatic carbocycles. The molecule has 0 saturated heterocycles. The summed E-state index contributed by atoms with van der Waals surface area (Å²) in [5.74, 6) is 2.19. The molecule has 2 heteroatoms. The summed E-state index contributed by atoms with van der Waals surface area (Å²) in [7, 11) is 0. The van der Waals surface area contributed by atoms with E-state index in [0.29, 0.717) is 5.88 Å². The predicted molar refractivity (Wildman–Crippen MR) is 65.6 cm³/mol. The Balaban J connectivity index is 2.36. The lowest BCUT2D eigenvalue weighted by Gasteiger charge is -2.10. The maximum absolute atomic E-state index is 5.82. The monoisotopic (exact) mass is 226 g/mol. The van der Waals surface area contributed by atoms with Crippen molar-refractivity contribution in [1.82, 2.24) is 0 Å². The molecule has 0 amide bonds. The van der Waals surface area contributed by atoms with Crippen LogP contribution in [-0.2, 0) is 5.88 Å². The van der Waals surface area contributed by atoms with Crippen LogP contribution in [0, 0.1) is 5.92 Å². The zero-order valence-electron chi connectivity index (χ0n) is 9.50. The van der Waals surface area contributed by atoms with Gasteiger partial charge in [0.25, 0.3) is 0 Å². The van der Waals surface area contributed by atoms with E-state index in [-0.39, 0.29) is 0 Å². The fraction of sp³-hybridized carbons (Fsp3) is 0.538. The molecule has 0 N–H and O–H groups in total. The second kappa shape index (κ2) is 6.73. The van der Waals surface area contributed by atoms with Crippen molar-refractivity contribution >= 4 is 11.6 Å². The fourth-order valence-electron chi connectivity index (χ4n) is 1.43. The van der Waals surface area contributed by atoms with Crippen LogP contribution in [0.4, 0.5) is 0 Å². The molecule has 0 aliphatic heterocycles. The first-order valence-corrected chi connectivity index (χ1v) is 6.04. The normalized spacial score (nSPS) is 10.7. The first-order chi connectivity index (χ1) is 7.24. The van der Waals surface area contributed by atoms with E-state index < -0.39 is 0 Å². The Hall–Kier alpha value is -0.690. The van der Waals surface area contributed by atoms with Gasteiger partial charge in [-0.1, -0.05) is 32.0 Å². The van der Waals surface area contributed by atoms with Gasteiger partial charge in [0.1, 0.15) is 5.75 Å². The van der Waals surface area contributed by atoms with Gasteiger partial charge >= 0.3 is 0 Å². The second-order valence-corrected chi connectivity index (χ2v) is 4.39. The van der Waals surface area contributed by atoms with E-state index in [4.69, 9.17) is 16.3 Å². The highest BCUT2D eigenvalue weighted by molar-refractivity contribution is 6.17. The lowest BCUT2D eigenvalue weighted by atomic mass is 10.1. The molecule has 0 aliphatic carbocycles. The molecule has 0 spiro atoms. The number of hydrogen-bond acceptors (Lipinski definition) is 1. The number of halogens is 1. The van der Waals surface area contributed by atoms with Gasteiger partial charge in [0, 0.05) is 5.56 Å². The minimum atomic E-state index is 0.514. The van der Waals surface area contributed by atoms with Gasteiger partial charge in [0.15, 0.2) is 0 Å². The van der Waals surface area contributed by atoms with Crippen LogP contribution in [0.1, 0.15) is 32.3 Å². The van der Waals surface area contributed by atoms with Gasteiger partial charge in [-0.2, -0.15) is 0 Å². The van der Waals surface area contributed by atoms with E-state index in [9.17, 15) is 0 Å². The SMILES string of the molecule is CC(C)CCCOc1ccccc1CCl. The maximum atomic E-state index is 5.82. The Labute approximate surface area is 97.4 Å². The van der Waals surface area contributed by atoms with Gasteiger partial charge in [-0.25, -0.2) is 0 Å². The second-order valence-electron chi connectivity index (χ2n) is 4.13. The molecule has 15 heavy (non-hydrogen) atoms. The van der Waals surface area contributed by atoms with Crippen LogP contribution >= 0.6 is 11.6 Å². The largest absolute Gasteiger partial charge is 0.493 e. The van der Waals surface area contributed by atoms with E-state index in [0.717, 1.165) is 30.3 Å². The van der Waals surface area contributed by atoms with E-state index in [1.165, 1.54) is 6.42 Å². The molecular weight excluding hydrogens is 208 g/mol. The molecular formula is C13H19ClO. The van der Waals surface area contributed by atoms with Crippen LogP contribution in [0.5, 0.6) is 5.75 Å². The van der Waals surface area contributed by atoms with Gasteiger partial charge in [-0.3, -0.25) is 0 Å². The molecule has 0 bridgehead atoms. The summed E-state index contributed by atoms with van der Waals surface area (Å²) in [5, 5.41) is 0. The van der Waals surface area contributed by atoms with E-state index in [1.54, 1.807) is 0 Å². The lowest BCUT2D eigenvalue weighted by Crippen LogP contribution is -2.01. The minimum Gasteiger partial charge on any atom is -0.493 e. The number of ether oxygens (including phenoxy) is 1. The molecule has 0 saturated carbocycles.